The highest BCUT2D eigenvalue weighted by Gasteiger charge is 2.52. The minimum Gasteiger partial charge on any atom is -0.207 e. The number of hydrogen-bond acceptors (Lipinski definition) is 2. The zero-order valence-electron chi connectivity index (χ0n) is 10.6. The Hall–Kier alpha value is -0.870. The normalized spacial score (nSPS) is 28.1. The number of sulfonamides is 1. The lowest BCUT2D eigenvalue weighted by atomic mass is 10.2. The monoisotopic (exact) mass is 253 g/mol. The molecule has 17 heavy (non-hydrogen) atoms. The second-order valence-electron chi connectivity index (χ2n) is 4.60. The van der Waals surface area contributed by atoms with Crippen LogP contribution in [0.15, 0.2) is 29.2 Å². The first-order chi connectivity index (χ1) is 8.02. The minimum absolute atomic E-state index is 0.200. The highest BCUT2D eigenvalue weighted by molar-refractivity contribution is 7.89. The van der Waals surface area contributed by atoms with Gasteiger partial charge in [0.25, 0.3) is 0 Å². The fourth-order valence-electron chi connectivity index (χ4n) is 2.40. The third-order valence-electron chi connectivity index (χ3n) is 3.44. The Morgan fingerprint density at radius 2 is 1.53 bits per heavy atom. The second-order valence-corrected chi connectivity index (χ2v) is 6.44. The van der Waals surface area contributed by atoms with Gasteiger partial charge in [-0.3, -0.25) is 0 Å². The molecule has 1 aliphatic rings. The number of rotatable bonds is 4. The van der Waals surface area contributed by atoms with E-state index in [-0.39, 0.29) is 12.1 Å². The van der Waals surface area contributed by atoms with Crippen LogP contribution < -0.4 is 0 Å². The average Bonchev–Trinajstić information content (AvgIpc) is 3.03. The largest absolute Gasteiger partial charge is 0.243 e. The van der Waals surface area contributed by atoms with Crippen molar-refractivity contribution < 1.29 is 8.42 Å². The Labute approximate surface area is 104 Å². The molecule has 2 atom stereocenters. The SMILES string of the molecule is CC[C@H]1[C@H](CC)N1S(=O)(=O)c1ccc(C)cc1. The summed E-state index contributed by atoms with van der Waals surface area (Å²) in [5.41, 5.74) is 1.08. The van der Waals surface area contributed by atoms with Gasteiger partial charge in [0.1, 0.15) is 0 Å². The van der Waals surface area contributed by atoms with Crippen LogP contribution in [0.4, 0.5) is 0 Å². The average molecular weight is 253 g/mol. The van der Waals surface area contributed by atoms with Crippen LogP contribution in [-0.2, 0) is 10.0 Å². The molecule has 4 heteroatoms. The molecule has 1 heterocycles. The predicted octanol–water partition coefficient (Wildman–Crippen LogP) is 2.56. The lowest BCUT2D eigenvalue weighted by Crippen LogP contribution is -2.15. The molecule has 0 amide bonds. The highest BCUT2D eigenvalue weighted by Crippen LogP contribution is 2.39. The van der Waals surface area contributed by atoms with E-state index < -0.39 is 10.0 Å². The van der Waals surface area contributed by atoms with Gasteiger partial charge in [-0.25, -0.2) is 8.42 Å². The number of hydrogen-bond donors (Lipinski definition) is 0. The first kappa shape index (κ1) is 12.6. The molecule has 0 bridgehead atoms. The first-order valence-electron chi connectivity index (χ1n) is 6.12. The molecule has 0 spiro atoms. The topological polar surface area (TPSA) is 37.1 Å². The van der Waals surface area contributed by atoms with Crippen molar-refractivity contribution in [2.24, 2.45) is 0 Å². The van der Waals surface area contributed by atoms with Crippen molar-refractivity contribution in [1.29, 1.82) is 0 Å². The maximum atomic E-state index is 12.4. The van der Waals surface area contributed by atoms with Crippen molar-refractivity contribution in [3.63, 3.8) is 0 Å². The summed E-state index contributed by atoms with van der Waals surface area (Å²) >= 11 is 0. The lowest BCUT2D eigenvalue weighted by molar-refractivity contribution is 0.541. The Morgan fingerprint density at radius 3 is 1.94 bits per heavy atom. The van der Waals surface area contributed by atoms with Gasteiger partial charge >= 0.3 is 0 Å². The van der Waals surface area contributed by atoms with Crippen LogP contribution in [0.5, 0.6) is 0 Å². The molecule has 0 saturated carbocycles. The predicted molar refractivity (Wildman–Crippen MR) is 68.4 cm³/mol. The van der Waals surface area contributed by atoms with Crippen LogP contribution in [0.2, 0.25) is 0 Å². The third kappa shape index (κ3) is 2.11. The minimum atomic E-state index is -3.27. The second kappa shape index (κ2) is 4.42. The van der Waals surface area contributed by atoms with Crippen molar-refractivity contribution in [2.45, 2.75) is 50.6 Å². The van der Waals surface area contributed by atoms with Crippen molar-refractivity contribution in [3.8, 4) is 0 Å². The van der Waals surface area contributed by atoms with E-state index in [1.54, 1.807) is 16.4 Å². The summed E-state index contributed by atoms with van der Waals surface area (Å²) in [5, 5.41) is 0. The summed E-state index contributed by atoms with van der Waals surface area (Å²) in [4.78, 5) is 0.414. The van der Waals surface area contributed by atoms with E-state index in [1.807, 2.05) is 32.9 Å². The van der Waals surface area contributed by atoms with E-state index in [2.05, 4.69) is 0 Å². The van der Waals surface area contributed by atoms with E-state index in [0.29, 0.717) is 4.90 Å². The van der Waals surface area contributed by atoms with Gasteiger partial charge in [0.15, 0.2) is 0 Å². The molecular weight excluding hydrogens is 234 g/mol. The molecule has 1 aromatic carbocycles. The maximum Gasteiger partial charge on any atom is 0.243 e. The van der Waals surface area contributed by atoms with Crippen LogP contribution in [0.1, 0.15) is 32.3 Å². The molecule has 0 radical (unpaired) electrons. The van der Waals surface area contributed by atoms with Crippen LogP contribution in [-0.4, -0.2) is 24.8 Å². The van der Waals surface area contributed by atoms with Gasteiger partial charge < -0.3 is 0 Å². The Morgan fingerprint density at radius 1 is 1.06 bits per heavy atom. The molecule has 0 aliphatic carbocycles. The van der Waals surface area contributed by atoms with Crippen molar-refractivity contribution >= 4 is 10.0 Å². The lowest BCUT2D eigenvalue weighted by Gasteiger charge is -2.06. The molecule has 1 aliphatic heterocycles. The number of aryl methyl sites for hydroxylation is 1. The molecule has 3 nitrogen and oxygen atoms in total. The van der Waals surface area contributed by atoms with Crippen LogP contribution in [0, 0.1) is 6.92 Å². The fourth-order valence-corrected chi connectivity index (χ4v) is 4.36. The molecule has 1 aromatic rings. The first-order valence-corrected chi connectivity index (χ1v) is 7.56. The van der Waals surface area contributed by atoms with Crippen molar-refractivity contribution in [3.05, 3.63) is 29.8 Å². The molecule has 94 valence electrons. The summed E-state index contributed by atoms with van der Waals surface area (Å²) in [6, 6.07) is 7.49. The highest BCUT2D eigenvalue weighted by atomic mass is 32.2. The van der Waals surface area contributed by atoms with Crippen LogP contribution in [0.25, 0.3) is 0 Å². The van der Waals surface area contributed by atoms with Crippen LogP contribution >= 0.6 is 0 Å². The van der Waals surface area contributed by atoms with Gasteiger partial charge in [-0.2, -0.15) is 4.31 Å². The fraction of sp³-hybridized carbons (Fsp3) is 0.538. The molecule has 1 saturated heterocycles. The molecule has 0 N–H and O–H groups in total. The standard InChI is InChI=1S/C13H19NO2S/c1-4-12-13(5-2)14(12)17(15,16)11-8-6-10(3)7-9-11/h6-9,12-13H,4-5H2,1-3H3/t12-,13-/m0/s1. The van der Waals surface area contributed by atoms with E-state index in [1.165, 1.54) is 0 Å². The van der Waals surface area contributed by atoms with Gasteiger partial charge in [0.2, 0.25) is 10.0 Å². The van der Waals surface area contributed by atoms with Gasteiger partial charge in [-0.15, -0.1) is 0 Å². The quantitative estimate of drug-likeness (QED) is 0.773. The van der Waals surface area contributed by atoms with Crippen LogP contribution in [0.3, 0.4) is 0 Å². The number of benzene rings is 1. The molecule has 2 rings (SSSR count). The smallest absolute Gasteiger partial charge is 0.207 e. The summed E-state index contributed by atoms with van der Waals surface area (Å²) in [5.74, 6) is 0. The summed E-state index contributed by atoms with van der Waals surface area (Å²) in [7, 11) is -3.27. The summed E-state index contributed by atoms with van der Waals surface area (Å²) in [6.07, 6.45) is 1.78. The molecular formula is C13H19NO2S. The molecule has 1 fully saturated rings. The van der Waals surface area contributed by atoms with Crippen molar-refractivity contribution in [1.82, 2.24) is 4.31 Å². The van der Waals surface area contributed by atoms with Gasteiger partial charge in [-0.1, -0.05) is 31.5 Å². The molecule has 0 aromatic heterocycles. The van der Waals surface area contributed by atoms with Crippen molar-refractivity contribution in [2.75, 3.05) is 0 Å². The summed E-state index contributed by atoms with van der Waals surface area (Å²) < 4.78 is 26.4. The Balaban J connectivity index is 2.29. The number of nitrogens with zero attached hydrogens (tertiary/aromatic N) is 1. The molecule has 0 unspecified atom stereocenters. The Kier molecular flexibility index (Phi) is 3.27. The van der Waals surface area contributed by atoms with E-state index >= 15 is 0 Å². The zero-order chi connectivity index (χ0) is 12.6. The maximum absolute atomic E-state index is 12.4. The van der Waals surface area contributed by atoms with E-state index in [9.17, 15) is 8.42 Å². The van der Waals surface area contributed by atoms with Gasteiger partial charge in [-0.05, 0) is 31.9 Å². The third-order valence-corrected chi connectivity index (χ3v) is 5.41. The van der Waals surface area contributed by atoms with E-state index in [4.69, 9.17) is 0 Å². The Bertz CT molecular complexity index is 483. The van der Waals surface area contributed by atoms with Gasteiger partial charge in [0.05, 0.1) is 4.90 Å². The summed E-state index contributed by atoms with van der Waals surface area (Å²) in [6.45, 7) is 6.04. The zero-order valence-corrected chi connectivity index (χ0v) is 11.4. The van der Waals surface area contributed by atoms with E-state index in [0.717, 1.165) is 18.4 Å². The van der Waals surface area contributed by atoms with Gasteiger partial charge in [0, 0.05) is 12.1 Å².